The van der Waals surface area contributed by atoms with Crippen LogP contribution < -0.4 is 5.32 Å². The van der Waals surface area contributed by atoms with E-state index in [1.165, 1.54) is 6.26 Å². The van der Waals surface area contributed by atoms with Crippen LogP contribution in [0.5, 0.6) is 0 Å². The van der Waals surface area contributed by atoms with Crippen LogP contribution in [-0.4, -0.2) is 22.3 Å². The second-order valence-electron chi connectivity index (χ2n) is 5.12. The average Bonchev–Trinajstić information content (AvgIpc) is 2.95. The van der Waals surface area contributed by atoms with Crippen LogP contribution in [0.25, 0.3) is 0 Å². The van der Waals surface area contributed by atoms with Crippen LogP contribution in [-0.2, 0) is 17.6 Å². The molecule has 0 aliphatic heterocycles. The van der Waals surface area contributed by atoms with E-state index in [0.717, 1.165) is 16.7 Å². The van der Waals surface area contributed by atoms with Gasteiger partial charge in [-0.15, -0.1) is 0 Å². The van der Waals surface area contributed by atoms with Gasteiger partial charge in [-0.2, -0.15) is 0 Å². The highest BCUT2D eigenvalue weighted by atomic mass is 16.5. The van der Waals surface area contributed by atoms with Gasteiger partial charge >= 0.3 is 0 Å². The molecule has 1 heterocycles. The quantitative estimate of drug-likeness (QED) is 0.883. The maximum atomic E-state index is 12.1. The lowest BCUT2D eigenvalue weighted by Gasteiger charge is -2.17. The molecule has 2 aromatic rings. The molecule has 1 aliphatic carbocycles. The molecule has 0 saturated heterocycles. The van der Waals surface area contributed by atoms with Crippen LogP contribution in [0.1, 0.15) is 28.4 Å². The predicted octanol–water partition coefficient (Wildman–Crippen LogP) is 1.30. The molecule has 1 aromatic carbocycles. The Hall–Kier alpha value is -2.14. The van der Waals surface area contributed by atoms with E-state index in [4.69, 9.17) is 4.52 Å². The summed E-state index contributed by atoms with van der Waals surface area (Å²) in [6, 6.07) is 7.45. The maximum Gasteiger partial charge on any atom is 0.225 e. The van der Waals surface area contributed by atoms with E-state index in [1.54, 1.807) is 6.92 Å². The summed E-state index contributed by atoms with van der Waals surface area (Å²) < 4.78 is 4.81. The first-order valence-corrected chi connectivity index (χ1v) is 6.60. The molecule has 0 bridgehead atoms. The number of carbonyl (C=O) groups is 1. The van der Waals surface area contributed by atoms with E-state index >= 15 is 0 Å². The molecule has 0 fully saturated rings. The smallest absolute Gasteiger partial charge is 0.225 e. The molecule has 104 valence electrons. The number of hydrogen-bond donors (Lipinski definition) is 2. The summed E-state index contributed by atoms with van der Waals surface area (Å²) in [6.45, 7) is 1.80. The normalized spacial score (nSPS) is 20.7. The molecule has 2 atom stereocenters. The number of aliphatic hydroxyl groups excluding tert-OH is 1. The zero-order valence-corrected chi connectivity index (χ0v) is 11.2. The van der Waals surface area contributed by atoms with Crippen molar-refractivity contribution >= 4 is 5.91 Å². The summed E-state index contributed by atoms with van der Waals surface area (Å²) in [5, 5.41) is 16.7. The number of carbonyl (C=O) groups excluding carboxylic acids is 1. The van der Waals surface area contributed by atoms with Gasteiger partial charge in [0, 0.05) is 12.0 Å². The van der Waals surface area contributed by atoms with Gasteiger partial charge in [0.1, 0.15) is 6.26 Å². The lowest BCUT2D eigenvalue weighted by molar-refractivity contribution is -0.122. The fourth-order valence-electron chi connectivity index (χ4n) is 2.63. The molecule has 5 nitrogen and oxygen atoms in total. The Kier molecular flexibility index (Phi) is 3.28. The lowest BCUT2D eigenvalue weighted by atomic mass is 10.1. The zero-order valence-electron chi connectivity index (χ0n) is 11.2. The Morgan fingerprint density at radius 3 is 3.05 bits per heavy atom. The highest BCUT2D eigenvalue weighted by molar-refractivity contribution is 5.79. The van der Waals surface area contributed by atoms with E-state index in [0.29, 0.717) is 12.1 Å². The Morgan fingerprint density at radius 2 is 2.30 bits per heavy atom. The van der Waals surface area contributed by atoms with Crippen LogP contribution >= 0.6 is 0 Å². The standard InChI is InChI=1S/C15H16N2O3/c1-9-11(8-20-17-9)7-14(19)16-15-12-5-3-2-4-10(12)6-13(15)18/h2-5,8,13,15,18H,6-7H2,1H3,(H,16,19)/t13-,15+/m1/s1. The number of aliphatic hydroxyl groups is 1. The fourth-order valence-corrected chi connectivity index (χ4v) is 2.63. The third kappa shape index (κ3) is 2.32. The summed E-state index contributed by atoms with van der Waals surface area (Å²) in [5.74, 6) is -0.142. The molecule has 1 aliphatic rings. The topological polar surface area (TPSA) is 75.4 Å². The molecule has 0 radical (unpaired) electrons. The van der Waals surface area contributed by atoms with Crippen LogP contribution in [0.4, 0.5) is 0 Å². The number of aromatic nitrogens is 1. The minimum Gasteiger partial charge on any atom is -0.390 e. The molecule has 0 spiro atoms. The highest BCUT2D eigenvalue weighted by Crippen LogP contribution is 2.31. The largest absolute Gasteiger partial charge is 0.390 e. The number of rotatable bonds is 3. The van der Waals surface area contributed by atoms with Gasteiger partial charge in [-0.1, -0.05) is 29.4 Å². The van der Waals surface area contributed by atoms with Crippen molar-refractivity contribution in [2.45, 2.75) is 31.9 Å². The predicted molar refractivity (Wildman–Crippen MR) is 72.0 cm³/mol. The van der Waals surface area contributed by atoms with E-state index < -0.39 is 6.10 Å². The van der Waals surface area contributed by atoms with Gasteiger partial charge in [-0.05, 0) is 18.1 Å². The molecule has 0 unspecified atom stereocenters. The van der Waals surface area contributed by atoms with Crippen molar-refractivity contribution in [1.29, 1.82) is 0 Å². The van der Waals surface area contributed by atoms with Gasteiger partial charge in [0.05, 0.1) is 24.3 Å². The van der Waals surface area contributed by atoms with E-state index in [1.807, 2.05) is 24.3 Å². The number of nitrogens with zero attached hydrogens (tertiary/aromatic N) is 1. The number of fused-ring (bicyclic) bond motifs is 1. The summed E-state index contributed by atoms with van der Waals surface area (Å²) in [4.78, 5) is 12.1. The van der Waals surface area contributed by atoms with Crippen molar-refractivity contribution in [1.82, 2.24) is 10.5 Å². The van der Waals surface area contributed by atoms with Gasteiger partial charge < -0.3 is 14.9 Å². The van der Waals surface area contributed by atoms with Crippen molar-refractivity contribution < 1.29 is 14.4 Å². The van der Waals surface area contributed by atoms with Gasteiger partial charge in [0.15, 0.2) is 0 Å². The monoisotopic (exact) mass is 272 g/mol. The second kappa shape index (κ2) is 5.09. The first-order valence-electron chi connectivity index (χ1n) is 6.60. The Labute approximate surface area is 116 Å². The molecular weight excluding hydrogens is 256 g/mol. The Balaban J connectivity index is 1.72. The van der Waals surface area contributed by atoms with Crippen molar-refractivity contribution in [2.75, 3.05) is 0 Å². The number of benzene rings is 1. The maximum absolute atomic E-state index is 12.1. The number of aryl methyl sites for hydroxylation is 1. The van der Waals surface area contributed by atoms with Crippen LogP contribution in [0.2, 0.25) is 0 Å². The van der Waals surface area contributed by atoms with Crippen molar-refractivity contribution in [3.63, 3.8) is 0 Å². The van der Waals surface area contributed by atoms with Crippen LogP contribution in [0, 0.1) is 6.92 Å². The van der Waals surface area contributed by atoms with E-state index in [9.17, 15) is 9.90 Å². The first kappa shape index (κ1) is 12.9. The molecule has 2 N–H and O–H groups in total. The molecule has 20 heavy (non-hydrogen) atoms. The summed E-state index contributed by atoms with van der Waals surface area (Å²) >= 11 is 0. The first-order chi connectivity index (χ1) is 9.65. The average molecular weight is 272 g/mol. The van der Waals surface area contributed by atoms with E-state index in [-0.39, 0.29) is 18.4 Å². The molecule has 1 amide bonds. The SMILES string of the molecule is Cc1nocc1CC(=O)N[C@H]1c2ccccc2C[C@H]1O. The van der Waals surface area contributed by atoms with Gasteiger partial charge in [-0.25, -0.2) is 0 Å². The number of hydrogen-bond acceptors (Lipinski definition) is 4. The third-order valence-corrected chi connectivity index (χ3v) is 3.72. The van der Waals surface area contributed by atoms with Gasteiger partial charge in [0.25, 0.3) is 0 Å². The van der Waals surface area contributed by atoms with Crippen molar-refractivity contribution in [3.8, 4) is 0 Å². The minimum absolute atomic E-state index is 0.142. The Bertz CT molecular complexity index is 636. The zero-order chi connectivity index (χ0) is 14.1. The fraction of sp³-hybridized carbons (Fsp3) is 0.333. The summed E-state index contributed by atoms with van der Waals surface area (Å²) in [7, 11) is 0. The molecule has 1 aromatic heterocycles. The molecule has 0 saturated carbocycles. The van der Waals surface area contributed by atoms with Crippen molar-refractivity contribution in [2.24, 2.45) is 0 Å². The highest BCUT2D eigenvalue weighted by Gasteiger charge is 2.31. The summed E-state index contributed by atoms with van der Waals surface area (Å²) in [6.07, 6.45) is 1.70. The van der Waals surface area contributed by atoms with Crippen molar-refractivity contribution in [3.05, 3.63) is 52.9 Å². The summed E-state index contributed by atoms with van der Waals surface area (Å²) in [5.41, 5.74) is 3.57. The van der Waals surface area contributed by atoms with E-state index in [2.05, 4.69) is 10.5 Å². The third-order valence-electron chi connectivity index (χ3n) is 3.72. The molecule has 5 heteroatoms. The molecule has 3 rings (SSSR count). The minimum atomic E-state index is -0.570. The van der Waals surface area contributed by atoms with Crippen LogP contribution in [0.3, 0.4) is 0 Å². The van der Waals surface area contributed by atoms with Gasteiger partial charge in [0.2, 0.25) is 5.91 Å². The number of amides is 1. The van der Waals surface area contributed by atoms with Crippen LogP contribution in [0.15, 0.2) is 35.1 Å². The second-order valence-corrected chi connectivity index (χ2v) is 5.12. The van der Waals surface area contributed by atoms with Gasteiger partial charge in [-0.3, -0.25) is 4.79 Å². The number of nitrogens with one attached hydrogen (secondary N) is 1. The Morgan fingerprint density at radius 1 is 1.50 bits per heavy atom. The molecular formula is C15H16N2O3. The lowest BCUT2D eigenvalue weighted by Crippen LogP contribution is -2.34.